The number of fused-ring (bicyclic) bond motifs is 1. The van der Waals surface area contributed by atoms with Gasteiger partial charge >= 0.3 is 6.98 Å². The first-order valence-corrected chi connectivity index (χ1v) is 8.43. The summed E-state index contributed by atoms with van der Waals surface area (Å²) in [7, 11) is 0. The molecule has 0 saturated carbocycles. The third-order valence-corrected chi connectivity index (χ3v) is 4.49. The van der Waals surface area contributed by atoms with Gasteiger partial charge in [-0.2, -0.15) is 0 Å². The first-order chi connectivity index (χ1) is 10.7. The van der Waals surface area contributed by atoms with Crippen molar-refractivity contribution in [2.24, 2.45) is 0 Å². The Bertz CT molecular complexity index is 687. The van der Waals surface area contributed by atoms with Gasteiger partial charge in [-0.25, -0.2) is 0 Å². The van der Waals surface area contributed by atoms with Gasteiger partial charge in [-0.05, 0) is 50.2 Å². The summed E-state index contributed by atoms with van der Waals surface area (Å²) in [6.07, 6.45) is 0. The highest BCUT2D eigenvalue weighted by molar-refractivity contribution is 9.10. The van der Waals surface area contributed by atoms with Crippen LogP contribution in [-0.2, 0) is 0 Å². The van der Waals surface area contributed by atoms with Crippen LogP contribution in [-0.4, -0.2) is 20.1 Å². The zero-order chi connectivity index (χ0) is 15.5. The minimum atomic E-state index is 0.107. The Morgan fingerprint density at radius 3 is 1.95 bits per heavy atom. The molecule has 0 unspecified atom stereocenters. The molecule has 2 aromatic carbocycles. The Hall–Kier alpha value is -1.86. The number of nitrogens with zero attached hydrogens (tertiary/aromatic N) is 2. The molecule has 0 fully saturated rings. The maximum atomic E-state index is 3.46. The molecule has 22 heavy (non-hydrogen) atoms. The lowest BCUT2D eigenvalue weighted by atomic mass is 9.74. The monoisotopic (exact) mass is 352 g/mol. The Balaban J connectivity index is 1.95. The van der Waals surface area contributed by atoms with Crippen LogP contribution in [0.2, 0.25) is 0 Å². The molecule has 4 heteroatoms. The Morgan fingerprint density at radius 2 is 1.45 bits per heavy atom. The van der Waals surface area contributed by atoms with Crippen molar-refractivity contribution in [1.82, 2.24) is 0 Å². The molecule has 0 saturated heterocycles. The molecule has 2 aromatic rings. The van der Waals surface area contributed by atoms with E-state index >= 15 is 0 Å². The Morgan fingerprint density at radius 1 is 0.909 bits per heavy atom. The average Bonchev–Trinajstić information content (AvgIpc) is 2.87. The summed E-state index contributed by atoms with van der Waals surface area (Å²) in [5, 5.41) is 0. The van der Waals surface area contributed by atoms with Crippen molar-refractivity contribution in [2.45, 2.75) is 13.8 Å². The van der Waals surface area contributed by atoms with E-state index < -0.39 is 0 Å². The molecule has 1 aliphatic rings. The van der Waals surface area contributed by atoms with E-state index in [2.05, 4.69) is 75.4 Å². The van der Waals surface area contributed by atoms with Crippen LogP contribution in [0.4, 0.5) is 11.4 Å². The predicted octanol–water partition coefficient (Wildman–Crippen LogP) is 4.19. The lowest BCUT2D eigenvalue weighted by Crippen LogP contribution is -2.47. The minimum Gasteiger partial charge on any atom is -0.384 e. The van der Waals surface area contributed by atoms with Crippen LogP contribution < -0.4 is 9.62 Å². The number of halogens is 1. The predicted molar refractivity (Wildman–Crippen MR) is 99.3 cm³/mol. The molecule has 1 heterocycles. The van der Waals surface area contributed by atoms with Gasteiger partial charge in [0.15, 0.2) is 0 Å². The normalized spacial score (nSPS) is 13.0. The van der Waals surface area contributed by atoms with E-state index in [9.17, 15) is 0 Å². The summed E-state index contributed by atoms with van der Waals surface area (Å²) in [5.74, 6) is 6.78. The van der Waals surface area contributed by atoms with Crippen molar-refractivity contribution in [3.63, 3.8) is 0 Å². The van der Waals surface area contributed by atoms with Crippen LogP contribution >= 0.6 is 15.9 Å². The second-order valence-corrected chi connectivity index (χ2v) is 6.13. The molecule has 0 radical (unpaired) electrons. The highest BCUT2D eigenvalue weighted by atomic mass is 79.9. The third kappa shape index (κ3) is 2.74. The van der Waals surface area contributed by atoms with Crippen molar-refractivity contribution >= 4 is 34.3 Å². The Labute approximate surface area is 141 Å². The molecule has 0 spiro atoms. The van der Waals surface area contributed by atoms with Gasteiger partial charge in [0.2, 0.25) is 0 Å². The van der Waals surface area contributed by atoms with Crippen molar-refractivity contribution in [2.75, 3.05) is 22.7 Å². The number of hydrogen-bond donors (Lipinski definition) is 0. The van der Waals surface area contributed by atoms with Gasteiger partial charge < -0.3 is 9.62 Å². The molecule has 3 rings (SSSR count). The van der Waals surface area contributed by atoms with E-state index in [-0.39, 0.29) is 6.98 Å². The zero-order valence-electron chi connectivity index (χ0n) is 12.9. The number of para-hydroxylation sites is 2. The van der Waals surface area contributed by atoms with E-state index in [1.807, 2.05) is 24.3 Å². The lowest BCUT2D eigenvalue weighted by molar-refractivity contribution is 1.06. The molecule has 0 aliphatic carbocycles. The highest BCUT2D eigenvalue weighted by Gasteiger charge is 2.37. The van der Waals surface area contributed by atoms with Gasteiger partial charge in [-0.15, -0.1) is 0 Å². The van der Waals surface area contributed by atoms with Gasteiger partial charge in [0.1, 0.15) is 0 Å². The standard InChI is InChI=1S/C18H18BBrN2/c1-3-21-17-7-5-6-8-18(17)22(4-2)19(21)14-13-15-9-11-16(20)12-10-15/h5-12H,3-4H2,1-2H3. The summed E-state index contributed by atoms with van der Waals surface area (Å²) in [4.78, 5) is 4.73. The fraction of sp³-hybridized carbons (Fsp3) is 0.222. The van der Waals surface area contributed by atoms with Crippen LogP contribution in [0.1, 0.15) is 19.4 Å². The molecule has 0 bridgehead atoms. The molecule has 0 atom stereocenters. The third-order valence-electron chi connectivity index (χ3n) is 3.96. The fourth-order valence-corrected chi connectivity index (χ4v) is 3.17. The van der Waals surface area contributed by atoms with E-state index in [0.29, 0.717) is 0 Å². The molecule has 1 aliphatic heterocycles. The van der Waals surface area contributed by atoms with Gasteiger partial charge in [0, 0.05) is 34.5 Å². The van der Waals surface area contributed by atoms with Crippen molar-refractivity contribution < 1.29 is 0 Å². The summed E-state index contributed by atoms with van der Waals surface area (Å²) >= 11 is 3.46. The highest BCUT2D eigenvalue weighted by Crippen LogP contribution is 2.37. The van der Waals surface area contributed by atoms with Gasteiger partial charge in [-0.1, -0.05) is 39.8 Å². The summed E-state index contributed by atoms with van der Waals surface area (Å²) in [5.41, 5.74) is 3.61. The van der Waals surface area contributed by atoms with Crippen LogP contribution in [0.25, 0.3) is 0 Å². The maximum absolute atomic E-state index is 3.46. The lowest BCUT2D eigenvalue weighted by Gasteiger charge is -2.23. The maximum Gasteiger partial charge on any atom is 0.466 e. The zero-order valence-corrected chi connectivity index (χ0v) is 14.5. The molecule has 0 N–H and O–H groups in total. The van der Waals surface area contributed by atoms with Crippen molar-refractivity contribution in [3.8, 4) is 11.7 Å². The Kier molecular flexibility index (Phi) is 4.45. The average molecular weight is 353 g/mol. The van der Waals surface area contributed by atoms with E-state index in [1.54, 1.807) is 0 Å². The topological polar surface area (TPSA) is 6.48 Å². The molecule has 2 nitrogen and oxygen atoms in total. The van der Waals surface area contributed by atoms with Gasteiger partial charge in [0.05, 0.1) is 0 Å². The number of rotatable bonds is 2. The molecular formula is C18H18BBrN2. The quantitative estimate of drug-likeness (QED) is 0.590. The van der Waals surface area contributed by atoms with Crippen molar-refractivity contribution in [3.05, 3.63) is 58.6 Å². The fourth-order valence-electron chi connectivity index (χ4n) is 2.91. The minimum absolute atomic E-state index is 0.107. The smallest absolute Gasteiger partial charge is 0.384 e. The van der Waals surface area contributed by atoms with Crippen LogP contribution in [0.5, 0.6) is 0 Å². The molecular weight excluding hydrogens is 335 g/mol. The molecule has 110 valence electrons. The van der Waals surface area contributed by atoms with Gasteiger partial charge in [0.25, 0.3) is 0 Å². The second kappa shape index (κ2) is 6.50. The van der Waals surface area contributed by atoms with Crippen LogP contribution in [0.15, 0.2) is 53.0 Å². The van der Waals surface area contributed by atoms with Crippen LogP contribution in [0, 0.1) is 11.7 Å². The number of anilines is 2. The second-order valence-electron chi connectivity index (χ2n) is 5.21. The van der Waals surface area contributed by atoms with E-state index in [1.165, 1.54) is 11.4 Å². The van der Waals surface area contributed by atoms with E-state index in [0.717, 1.165) is 23.1 Å². The van der Waals surface area contributed by atoms with Crippen LogP contribution in [0.3, 0.4) is 0 Å². The molecule has 0 amide bonds. The van der Waals surface area contributed by atoms with Crippen molar-refractivity contribution in [1.29, 1.82) is 0 Å². The number of hydrogen-bond acceptors (Lipinski definition) is 2. The largest absolute Gasteiger partial charge is 0.466 e. The summed E-state index contributed by atoms with van der Waals surface area (Å²) < 4.78 is 1.08. The first kappa shape index (κ1) is 15.1. The van der Waals surface area contributed by atoms with Gasteiger partial charge in [-0.3, -0.25) is 0 Å². The first-order valence-electron chi connectivity index (χ1n) is 7.64. The summed E-state index contributed by atoms with van der Waals surface area (Å²) in [6.45, 7) is 6.38. The molecule has 0 aromatic heterocycles. The SMILES string of the molecule is CCN1B(C#Cc2ccc(Br)cc2)N(CC)c2ccccc21. The van der Waals surface area contributed by atoms with E-state index in [4.69, 9.17) is 0 Å². The number of benzene rings is 2. The summed E-state index contributed by atoms with van der Waals surface area (Å²) in [6, 6.07) is 16.7.